The van der Waals surface area contributed by atoms with E-state index >= 15 is 0 Å². The Morgan fingerprint density at radius 1 is 1.00 bits per heavy atom. The highest BCUT2D eigenvalue weighted by atomic mass is 79.9. The Hall–Kier alpha value is -0.540. The van der Waals surface area contributed by atoms with Crippen LogP contribution in [-0.2, 0) is 6.42 Å². The van der Waals surface area contributed by atoms with E-state index in [9.17, 15) is 0 Å². The van der Waals surface area contributed by atoms with E-state index in [1.54, 1.807) is 0 Å². The van der Waals surface area contributed by atoms with Crippen LogP contribution in [0.5, 0.6) is 0 Å². The monoisotopic (exact) mass is 343 g/mol. The van der Waals surface area contributed by atoms with Crippen molar-refractivity contribution >= 4 is 39.1 Å². The average molecular weight is 345 g/mol. The zero-order valence-corrected chi connectivity index (χ0v) is 12.6. The smallest absolute Gasteiger partial charge is 0.0468 e. The van der Waals surface area contributed by atoms with Gasteiger partial charge < -0.3 is 5.73 Å². The van der Waals surface area contributed by atoms with Crippen LogP contribution in [0.1, 0.15) is 17.2 Å². The molecule has 0 bridgehead atoms. The Labute approximate surface area is 125 Å². The van der Waals surface area contributed by atoms with Crippen molar-refractivity contribution in [2.45, 2.75) is 12.5 Å². The molecule has 0 heterocycles. The molecule has 2 rings (SSSR count). The molecule has 0 fully saturated rings. The van der Waals surface area contributed by atoms with Gasteiger partial charge in [0.2, 0.25) is 0 Å². The average Bonchev–Trinajstić information content (AvgIpc) is 2.32. The molecular formula is C14H12BrCl2N. The second-order valence-corrected chi connectivity index (χ2v) is 5.80. The standard InChI is InChI=1S/C14H12BrCl2N/c15-10-6-4-9(5-7-10)8-13(18)14-11(16)2-1-3-12(14)17/h1-7,13H,8,18H2. The van der Waals surface area contributed by atoms with Crippen LogP contribution in [-0.4, -0.2) is 0 Å². The molecule has 0 aliphatic rings. The lowest BCUT2D eigenvalue weighted by molar-refractivity contribution is 0.722. The predicted molar refractivity (Wildman–Crippen MR) is 81.2 cm³/mol. The van der Waals surface area contributed by atoms with E-state index in [4.69, 9.17) is 28.9 Å². The van der Waals surface area contributed by atoms with Gasteiger partial charge in [-0.2, -0.15) is 0 Å². The van der Waals surface area contributed by atoms with Crippen molar-refractivity contribution < 1.29 is 0 Å². The number of halogens is 3. The molecule has 0 spiro atoms. The first kappa shape index (κ1) is 13.9. The van der Waals surface area contributed by atoms with Crippen LogP contribution in [0, 0.1) is 0 Å². The van der Waals surface area contributed by atoms with Gasteiger partial charge in [0.15, 0.2) is 0 Å². The summed E-state index contributed by atoms with van der Waals surface area (Å²) in [6.45, 7) is 0. The first-order chi connectivity index (χ1) is 8.58. The first-order valence-electron chi connectivity index (χ1n) is 5.52. The maximum absolute atomic E-state index is 6.19. The highest BCUT2D eigenvalue weighted by molar-refractivity contribution is 9.10. The number of rotatable bonds is 3. The third-order valence-electron chi connectivity index (χ3n) is 2.74. The van der Waals surface area contributed by atoms with Crippen LogP contribution in [0.3, 0.4) is 0 Å². The fourth-order valence-electron chi connectivity index (χ4n) is 1.84. The summed E-state index contributed by atoms with van der Waals surface area (Å²) in [5, 5.41) is 1.24. The highest BCUT2D eigenvalue weighted by Crippen LogP contribution is 2.30. The summed E-state index contributed by atoms with van der Waals surface area (Å²) in [6.07, 6.45) is 0.705. The van der Waals surface area contributed by atoms with Gasteiger partial charge in [-0.1, -0.05) is 57.3 Å². The summed E-state index contributed by atoms with van der Waals surface area (Å²) in [7, 11) is 0. The lowest BCUT2D eigenvalue weighted by Gasteiger charge is -2.15. The molecule has 0 saturated heterocycles. The molecule has 0 aromatic heterocycles. The molecule has 0 radical (unpaired) electrons. The zero-order valence-electron chi connectivity index (χ0n) is 9.54. The Bertz CT molecular complexity index is 520. The number of hydrogen-bond acceptors (Lipinski definition) is 1. The van der Waals surface area contributed by atoms with Crippen LogP contribution in [0.4, 0.5) is 0 Å². The minimum Gasteiger partial charge on any atom is -0.324 e. The molecule has 1 nitrogen and oxygen atoms in total. The first-order valence-corrected chi connectivity index (χ1v) is 7.07. The highest BCUT2D eigenvalue weighted by Gasteiger charge is 2.14. The Morgan fingerprint density at radius 2 is 1.56 bits per heavy atom. The van der Waals surface area contributed by atoms with Gasteiger partial charge >= 0.3 is 0 Å². The van der Waals surface area contributed by atoms with Gasteiger partial charge in [0.25, 0.3) is 0 Å². The lowest BCUT2D eigenvalue weighted by atomic mass is 9.99. The topological polar surface area (TPSA) is 26.0 Å². The van der Waals surface area contributed by atoms with Gasteiger partial charge in [-0.25, -0.2) is 0 Å². The summed E-state index contributed by atoms with van der Waals surface area (Å²) in [5.41, 5.74) is 8.15. The minimum absolute atomic E-state index is 0.202. The van der Waals surface area contributed by atoms with Crippen LogP contribution in [0.15, 0.2) is 46.9 Å². The quantitative estimate of drug-likeness (QED) is 0.833. The molecule has 0 aliphatic heterocycles. The molecule has 0 aliphatic carbocycles. The third-order valence-corrected chi connectivity index (χ3v) is 3.93. The van der Waals surface area contributed by atoms with E-state index in [1.807, 2.05) is 42.5 Å². The van der Waals surface area contributed by atoms with Crippen LogP contribution < -0.4 is 5.73 Å². The fourth-order valence-corrected chi connectivity index (χ4v) is 2.78. The van der Waals surface area contributed by atoms with Gasteiger partial charge in [0.05, 0.1) is 0 Å². The van der Waals surface area contributed by atoms with E-state index in [0.29, 0.717) is 16.5 Å². The van der Waals surface area contributed by atoms with Crippen LogP contribution in [0.25, 0.3) is 0 Å². The molecule has 4 heteroatoms. The summed E-state index contributed by atoms with van der Waals surface area (Å²) >= 11 is 15.7. The number of benzene rings is 2. The fraction of sp³-hybridized carbons (Fsp3) is 0.143. The summed E-state index contributed by atoms with van der Waals surface area (Å²) in [5.74, 6) is 0. The normalized spacial score (nSPS) is 12.4. The van der Waals surface area contributed by atoms with Gasteiger partial charge in [-0.3, -0.25) is 0 Å². The van der Waals surface area contributed by atoms with Crippen molar-refractivity contribution in [3.8, 4) is 0 Å². The van der Waals surface area contributed by atoms with Gasteiger partial charge in [0.1, 0.15) is 0 Å². The molecule has 0 saturated carbocycles. The molecule has 2 aromatic carbocycles. The van der Waals surface area contributed by atoms with Gasteiger partial charge in [0, 0.05) is 26.1 Å². The molecule has 2 aromatic rings. The maximum atomic E-state index is 6.19. The maximum Gasteiger partial charge on any atom is 0.0468 e. The Kier molecular flexibility index (Phi) is 4.68. The molecule has 18 heavy (non-hydrogen) atoms. The van der Waals surface area contributed by atoms with E-state index in [0.717, 1.165) is 15.6 Å². The van der Waals surface area contributed by atoms with Crippen LogP contribution in [0.2, 0.25) is 10.0 Å². The second-order valence-electron chi connectivity index (χ2n) is 4.07. The third kappa shape index (κ3) is 3.27. The predicted octanol–water partition coefficient (Wildman–Crippen LogP) is 5.00. The molecule has 2 N–H and O–H groups in total. The molecular weight excluding hydrogens is 333 g/mol. The molecule has 1 unspecified atom stereocenters. The molecule has 0 amide bonds. The van der Waals surface area contributed by atoms with Crippen LogP contribution >= 0.6 is 39.1 Å². The van der Waals surface area contributed by atoms with E-state index < -0.39 is 0 Å². The number of hydrogen-bond donors (Lipinski definition) is 1. The lowest BCUT2D eigenvalue weighted by Crippen LogP contribution is -2.14. The van der Waals surface area contributed by atoms with Crippen molar-refractivity contribution in [1.82, 2.24) is 0 Å². The SMILES string of the molecule is NC(Cc1ccc(Br)cc1)c1c(Cl)cccc1Cl. The number of nitrogens with two attached hydrogens (primary N) is 1. The van der Waals surface area contributed by atoms with Crippen molar-refractivity contribution in [1.29, 1.82) is 0 Å². The van der Waals surface area contributed by atoms with Crippen molar-refractivity contribution in [3.63, 3.8) is 0 Å². The Morgan fingerprint density at radius 3 is 2.11 bits per heavy atom. The molecule has 94 valence electrons. The van der Waals surface area contributed by atoms with Crippen molar-refractivity contribution in [2.75, 3.05) is 0 Å². The molecule has 1 atom stereocenters. The van der Waals surface area contributed by atoms with E-state index in [2.05, 4.69) is 15.9 Å². The van der Waals surface area contributed by atoms with E-state index in [-0.39, 0.29) is 6.04 Å². The Balaban J connectivity index is 2.22. The second kappa shape index (κ2) is 6.07. The van der Waals surface area contributed by atoms with E-state index in [1.165, 1.54) is 0 Å². The zero-order chi connectivity index (χ0) is 13.1. The summed E-state index contributed by atoms with van der Waals surface area (Å²) in [6, 6.07) is 13.3. The summed E-state index contributed by atoms with van der Waals surface area (Å²) < 4.78 is 1.05. The van der Waals surface area contributed by atoms with Gasteiger partial charge in [-0.15, -0.1) is 0 Å². The van der Waals surface area contributed by atoms with Gasteiger partial charge in [-0.05, 0) is 36.2 Å². The largest absolute Gasteiger partial charge is 0.324 e. The minimum atomic E-state index is -0.202. The summed E-state index contributed by atoms with van der Waals surface area (Å²) in [4.78, 5) is 0. The van der Waals surface area contributed by atoms with Crippen molar-refractivity contribution in [2.24, 2.45) is 5.73 Å². The van der Waals surface area contributed by atoms with Crippen molar-refractivity contribution in [3.05, 3.63) is 68.1 Å².